The van der Waals surface area contributed by atoms with Gasteiger partial charge in [-0.15, -0.1) is 5.10 Å². The molecule has 0 amide bonds. The van der Waals surface area contributed by atoms with Crippen molar-refractivity contribution in [3.63, 3.8) is 0 Å². The van der Waals surface area contributed by atoms with Crippen molar-refractivity contribution >= 4 is 27.6 Å². The van der Waals surface area contributed by atoms with Crippen molar-refractivity contribution in [2.75, 3.05) is 4.72 Å². The van der Waals surface area contributed by atoms with E-state index in [1.165, 1.54) is 12.1 Å². The Morgan fingerprint density at radius 3 is 2.13 bits per heavy atom. The van der Waals surface area contributed by atoms with Crippen LogP contribution >= 0.6 is 0 Å². The largest absolute Gasteiger partial charge is 0.264 e. The van der Waals surface area contributed by atoms with E-state index in [9.17, 15) is 8.42 Å². The Balaban J connectivity index is 1.56. The van der Waals surface area contributed by atoms with E-state index in [4.69, 9.17) is 0 Å². The van der Waals surface area contributed by atoms with Gasteiger partial charge in [-0.1, -0.05) is 78.9 Å². The van der Waals surface area contributed by atoms with Crippen LogP contribution in [0.4, 0.5) is 11.9 Å². The van der Waals surface area contributed by atoms with E-state index in [0.717, 1.165) is 16.8 Å². The summed E-state index contributed by atoms with van der Waals surface area (Å²) < 4.78 is 29.6. The molecular formula is C23H19N5O2S. The Morgan fingerprint density at radius 2 is 1.45 bits per heavy atom. The predicted octanol–water partition coefficient (Wildman–Crippen LogP) is 4.19. The van der Waals surface area contributed by atoms with Crippen LogP contribution < -0.4 is 4.72 Å². The van der Waals surface area contributed by atoms with Crippen molar-refractivity contribution in [1.29, 1.82) is 0 Å². The van der Waals surface area contributed by atoms with Crippen LogP contribution in [0.5, 0.6) is 0 Å². The van der Waals surface area contributed by atoms with Crippen LogP contribution in [0.2, 0.25) is 0 Å². The zero-order chi connectivity index (χ0) is 21.3. The first-order valence-corrected chi connectivity index (χ1v) is 11.3. The van der Waals surface area contributed by atoms with Gasteiger partial charge < -0.3 is 0 Å². The van der Waals surface area contributed by atoms with Crippen LogP contribution in [0.15, 0.2) is 101 Å². The lowest BCUT2D eigenvalue weighted by molar-refractivity contribution is 0.532. The Hall–Kier alpha value is -3.78. The lowest BCUT2D eigenvalue weighted by Gasteiger charge is -2.23. The standard InChI is InChI=1S/C23H19N5O2S/c29-31(30,19-14-8-3-9-15-19)27-22-25-23-24-20(17-10-4-1-5-11-17)16-21(28(23)26-22)18-12-6-2-7-13-18/h1-15,21H,16H2,(H,26,27). The maximum Gasteiger partial charge on any atom is 0.264 e. The van der Waals surface area contributed by atoms with E-state index in [-0.39, 0.29) is 16.9 Å². The van der Waals surface area contributed by atoms with Crippen molar-refractivity contribution < 1.29 is 8.42 Å². The molecule has 1 aliphatic rings. The molecule has 2 heterocycles. The summed E-state index contributed by atoms with van der Waals surface area (Å²) in [5.41, 5.74) is 2.94. The van der Waals surface area contributed by atoms with Crippen LogP contribution in [0.25, 0.3) is 0 Å². The van der Waals surface area contributed by atoms with Crippen LogP contribution in [0.1, 0.15) is 23.6 Å². The van der Waals surface area contributed by atoms with Crippen LogP contribution in [0, 0.1) is 0 Å². The summed E-state index contributed by atoms with van der Waals surface area (Å²) in [4.78, 5) is 9.22. The number of rotatable bonds is 5. The predicted molar refractivity (Wildman–Crippen MR) is 119 cm³/mol. The zero-order valence-corrected chi connectivity index (χ0v) is 17.3. The fourth-order valence-electron chi connectivity index (χ4n) is 3.61. The lowest BCUT2D eigenvalue weighted by Crippen LogP contribution is -2.21. The van der Waals surface area contributed by atoms with Gasteiger partial charge in [-0.3, -0.25) is 0 Å². The maximum absolute atomic E-state index is 12.7. The second-order valence-corrected chi connectivity index (χ2v) is 8.84. The van der Waals surface area contributed by atoms with Crippen molar-refractivity contribution in [2.24, 2.45) is 4.99 Å². The molecule has 5 rings (SSSR count). The molecule has 0 fully saturated rings. The molecule has 1 aromatic heterocycles. The molecule has 0 radical (unpaired) electrons. The number of aliphatic imine (C=N–C) groups is 1. The molecule has 1 atom stereocenters. The van der Waals surface area contributed by atoms with E-state index in [2.05, 4.69) is 19.8 Å². The molecule has 4 aromatic rings. The second kappa shape index (κ2) is 7.81. The maximum atomic E-state index is 12.7. The summed E-state index contributed by atoms with van der Waals surface area (Å²) >= 11 is 0. The van der Waals surface area contributed by atoms with Crippen molar-refractivity contribution in [1.82, 2.24) is 14.8 Å². The third kappa shape index (κ3) is 3.85. The number of nitrogens with one attached hydrogen (secondary N) is 1. The fraction of sp³-hybridized carbons (Fsp3) is 0.0870. The third-order valence-electron chi connectivity index (χ3n) is 5.10. The van der Waals surface area contributed by atoms with Gasteiger partial charge in [0.2, 0.25) is 0 Å². The average molecular weight is 430 g/mol. The molecule has 0 saturated carbocycles. The van der Waals surface area contributed by atoms with E-state index in [0.29, 0.717) is 12.4 Å². The monoisotopic (exact) mass is 429 g/mol. The first-order chi connectivity index (χ1) is 15.1. The SMILES string of the molecule is O=S(=O)(Nc1nc2n(n1)C(c1ccccc1)CC(c1ccccc1)=N2)c1ccccc1. The topological polar surface area (TPSA) is 89.2 Å². The van der Waals surface area contributed by atoms with Crippen molar-refractivity contribution in [3.8, 4) is 0 Å². The summed E-state index contributed by atoms with van der Waals surface area (Å²) in [6.07, 6.45) is 0.620. The smallest absolute Gasteiger partial charge is 0.246 e. The number of hydrogen-bond donors (Lipinski definition) is 1. The molecule has 8 heteroatoms. The Morgan fingerprint density at radius 1 is 0.839 bits per heavy atom. The van der Waals surface area contributed by atoms with Crippen LogP contribution in [-0.2, 0) is 10.0 Å². The van der Waals surface area contributed by atoms with Crippen molar-refractivity contribution in [3.05, 3.63) is 102 Å². The molecule has 31 heavy (non-hydrogen) atoms. The molecule has 0 bridgehead atoms. The highest BCUT2D eigenvalue weighted by Crippen LogP contribution is 2.33. The molecule has 1 unspecified atom stereocenters. The number of anilines is 1. The Labute approximate surface area is 180 Å². The van der Waals surface area contributed by atoms with Gasteiger partial charge in [-0.2, -0.15) is 4.98 Å². The van der Waals surface area contributed by atoms with Gasteiger partial charge in [0.25, 0.3) is 21.9 Å². The Bertz CT molecular complexity index is 1330. The molecule has 0 saturated heterocycles. The highest BCUT2D eigenvalue weighted by Gasteiger charge is 2.28. The molecule has 1 aliphatic heterocycles. The number of nitrogens with zero attached hydrogens (tertiary/aromatic N) is 4. The molecule has 7 nitrogen and oxygen atoms in total. The summed E-state index contributed by atoms with van der Waals surface area (Å²) in [6.45, 7) is 0. The number of benzene rings is 3. The van der Waals surface area contributed by atoms with Gasteiger partial charge in [-0.25, -0.2) is 22.8 Å². The molecule has 1 N–H and O–H groups in total. The molecule has 0 spiro atoms. The second-order valence-electron chi connectivity index (χ2n) is 7.15. The molecular weight excluding hydrogens is 410 g/mol. The summed E-state index contributed by atoms with van der Waals surface area (Å²) in [7, 11) is -3.80. The van der Waals surface area contributed by atoms with Gasteiger partial charge in [0.1, 0.15) is 0 Å². The summed E-state index contributed by atoms with van der Waals surface area (Å²) in [6, 6.07) is 27.9. The minimum atomic E-state index is -3.80. The van der Waals surface area contributed by atoms with E-state index in [1.54, 1.807) is 22.9 Å². The van der Waals surface area contributed by atoms with Gasteiger partial charge in [0, 0.05) is 6.42 Å². The van der Waals surface area contributed by atoms with Gasteiger partial charge in [0.05, 0.1) is 16.6 Å². The molecule has 0 aliphatic carbocycles. The zero-order valence-electron chi connectivity index (χ0n) is 16.5. The molecule has 3 aromatic carbocycles. The van der Waals surface area contributed by atoms with Crippen molar-refractivity contribution in [2.45, 2.75) is 17.4 Å². The first-order valence-electron chi connectivity index (χ1n) is 9.82. The number of hydrogen-bond acceptors (Lipinski definition) is 5. The van der Waals surface area contributed by atoms with E-state index >= 15 is 0 Å². The van der Waals surface area contributed by atoms with E-state index < -0.39 is 10.0 Å². The summed E-state index contributed by atoms with van der Waals surface area (Å²) in [5.74, 6) is 0.363. The minimum absolute atomic E-state index is 0.00199. The van der Waals surface area contributed by atoms with Gasteiger partial charge in [0.15, 0.2) is 0 Å². The highest BCUT2D eigenvalue weighted by molar-refractivity contribution is 7.92. The molecule has 154 valence electrons. The number of sulfonamides is 1. The number of fused-ring (bicyclic) bond motifs is 1. The lowest BCUT2D eigenvalue weighted by atomic mass is 9.96. The summed E-state index contributed by atoms with van der Waals surface area (Å²) in [5, 5.41) is 4.46. The quantitative estimate of drug-likeness (QED) is 0.515. The van der Waals surface area contributed by atoms with Gasteiger partial charge >= 0.3 is 0 Å². The Kier molecular flexibility index (Phi) is 4.83. The average Bonchev–Trinajstić information content (AvgIpc) is 3.21. The third-order valence-corrected chi connectivity index (χ3v) is 6.44. The van der Waals surface area contributed by atoms with Crippen LogP contribution in [-0.4, -0.2) is 28.9 Å². The number of aromatic nitrogens is 3. The van der Waals surface area contributed by atoms with Gasteiger partial charge in [-0.05, 0) is 23.3 Å². The minimum Gasteiger partial charge on any atom is -0.246 e. The first kappa shape index (κ1) is 19.2. The van der Waals surface area contributed by atoms with E-state index in [1.807, 2.05) is 60.7 Å². The fourth-order valence-corrected chi connectivity index (χ4v) is 4.57. The normalized spacial score (nSPS) is 15.7. The van der Waals surface area contributed by atoms with Crippen LogP contribution in [0.3, 0.4) is 0 Å². The highest BCUT2D eigenvalue weighted by atomic mass is 32.2.